The van der Waals surface area contributed by atoms with E-state index >= 15 is 0 Å². The van der Waals surface area contributed by atoms with E-state index in [2.05, 4.69) is 95.2 Å². The number of rotatable bonds is 4. The van der Waals surface area contributed by atoms with E-state index in [9.17, 15) is 0 Å². The first-order valence-corrected chi connectivity index (χ1v) is 8.44. The van der Waals surface area contributed by atoms with Gasteiger partial charge >= 0.3 is 0 Å². The van der Waals surface area contributed by atoms with Gasteiger partial charge in [-0.2, -0.15) is 0 Å². The molecular formula is C12H13Br2IN4. The van der Waals surface area contributed by atoms with Crippen LogP contribution in [0.4, 0.5) is 0 Å². The SMILES string of the molecule is CCNC(c1cc(I)ccc1Br)c1c(Br)nnn1C. The van der Waals surface area contributed by atoms with Crippen LogP contribution in [0, 0.1) is 3.57 Å². The summed E-state index contributed by atoms with van der Waals surface area (Å²) in [6.45, 7) is 2.95. The van der Waals surface area contributed by atoms with E-state index in [1.165, 1.54) is 9.13 Å². The first-order valence-electron chi connectivity index (χ1n) is 5.78. The molecule has 0 bridgehead atoms. The molecule has 4 nitrogen and oxygen atoms in total. The Balaban J connectivity index is 2.54. The molecule has 0 radical (unpaired) electrons. The van der Waals surface area contributed by atoms with Crippen molar-refractivity contribution in [1.29, 1.82) is 0 Å². The molecule has 1 heterocycles. The first kappa shape index (κ1) is 15.4. The molecule has 1 unspecified atom stereocenters. The maximum Gasteiger partial charge on any atom is 0.153 e. The van der Waals surface area contributed by atoms with Crippen LogP contribution in [-0.2, 0) is 7.05 Å². The number of benzene rings is 1. The average Bonchev–Trinajstić information content (AvgIpc) is 2.70. The van der Waals surface area contributed by atoms with Crippen molar-refractivity contribution in [2.45, 2.75) is 13.0 Å². The zero-order chi connectivity index (χ0) is 14.0. The zero-order valence-electron chi connectivity index (χ0n) is 10.5. The Morgan fingerprint density at radius 2 is 2.16 bits per heavy atom. The van der Waals surface area contributed by atoms with Gasteiger partial charge in [-0.05, 0) is 68.8 Å². The van der Waals surface area contributed by atoms with Crippen molar-refractivity contribution in [2.24, 2.45) is 7.05 Å². The third-order valence-electron chi connectivity index (χ3n) is 2.78. The van der Waals surface area contributed by atoms with Crippen molar-refractivity contribution in [1.82, 2.24) is 20.3 Å². The van der Waals surface area contributed by atoms with E-state index in [1.54, 1.807) is 4.68 Å². The van der Waals surface area contributed by atoms with Gasteiger partial charge in [-0.25, -0.2) is 4.68 Å². The number of nitrogens with zero attached hydrogens (tertiary/aromatic N) is 3. The topological polar surface area (TPSA) is 42.7 Å². The zero-order valence-corrected chi connectivity index (χ0v) is 15.8. The third kappa shape index (κ3) is 3.37. The molecule has 0 aliphatic rings. The highest BCUT2D eigenvalue weighted by Gasteiger charge is 2.23. The van der Waals surface area contributed by atoms with E-state index in [0.717, 1.165) is 21.3 Å². The Morgan fingerprint density at radius 3 is 2.74 bits per heavy atom. The second kappa shape index (κ2) is 6.64. The highest BCUT2D eigenvalue weighted by atomic mass is 127. The molecule has 102 valence electrons. The van der Waals surface area contributed by atoms with Crippen molar-refractivity contribution < 1.29 is 0 Å². The lowest BCUT2D eigenvalue weighted by Gasteiger charge is -2.20. The van der Waals surface area contributed by atoms with Crippen LogP contribution in [0.1, 0.15) is 24.2 Å². The molecule has 7 heteroatoms. The molecule has 0 amide bonds. The van der Waals surface area contributed by atoms with Crippen molar-refractivity contribution >= 4 is 54.5 Å². The van der Waals surface area contributed by atoms with E-state index in [0.29, 0.717) is 0 Å². The lowest BCUT2D eigenvalue weighted by Crippen LogP contribution is -2.25. The standard InChI is InChI=1S/C12H13Br2IN4/c1-3-16-10(11-12(14)17-18-19(11)2)8-6-7(15)4-5-9(8)13/h4-6,10,16H,3H2,1-2H3. The molecule has 1 N–H and O–H groups in total. The van der Waals surface area contributed by atoms with Crippen LogP contribution in [0.15, 0.2) is 27.3 Å². The first-order chi connectivity index (χ1) is 9.04. The summed E-state index contributed by atoms with van der Waals surface area (Å²) in [5.74, 6) is 0. The molecule has 0 fully saturated rings. The Hall–Kier alpha value is 0.01000. The van der Waals surface area contributed by atoms with Crippen LogP contribution in [0.2, 0.25) is 0 Å². The maximum absolute atomic E-state index is 4.07. The number of aromatic nitrogens is 3. The van der Waals surface area contributed by atoms with Gasteiger partial charge in [0.1, 0.15) is 0 Å². The summed E-state index contributed by atoms with van der Waals surface area (Å²) in [7, 11) is 1.90. The molecule has 1 aromatic carbocycles. The van der Waals surface area contributed by atoms with Gasteiger partial charge in [-0.3, -0.25) is 0 Å². The van der Waals surface area contributed by atoms with Gasteiger partial charge in [0.15, 0.2) is 4.60 Å². The Morgan fingerprint density at radius 1 is 1.42 bits per heavy atom. The van der Waals surface area contributed by atoms with Gasteiger partial charge in [0.05, 0.1) is 11.7 Å². The van der Waals surface area contributed by atoms with E-state index in [1.807, 2.05) is 7.05 Å². The normalized spacial score (nSPS) is 12.7. The van der Waals surface area contributed by atoms with Crippen molar-refractivity contribution in [3.63, 3.8) is 0 Å². The number of aryl methyl sites for hydroxylation is 1. The summed E-state index contributed by atoms with van der Waals surface area (Å²) in [5.41, 5.74) is 2.20. The lowest BCUT2D eigenvalue weighted by molar-refractivity contribution is 0.565. The molecule has 0 saturated heterocycles. The van der Waals surface area contributed by atoms with Crippen LogP contribution >= 0.6 is 54.5 Å². The Labute approximate surface area is 142 Å². The fourth-order valence-corrected chi connectivity index (χ4v) is 3.49. The summed E-state index contributed by atoms with van der Waals surface area (Å²) in [6.07, 6.45) is 0. The van der Waals surface area contributed by atoms with Gasteiger partial charge in [-0.15, -0.1) is 5.10 Å². The van der Waals surface area contributed by atoms with E-state index in [4.69, 9.17) is 0 Å². The molecular weight excluding hydrogens is 487 g/mol. The lowest BCUT2D eigenvalue weighted by atomic mass is 10.0. The Kier molecular flexibility index (Phi) is 5.38. The maximum atomic E-state index is 4.07. The second-order valence-electron chi connectivity index (χ2n) is 4.05. The molecule has 0 spiro atoms. The monoisotopic (exact) mass is 498 g/mol. The number of hydrogen-bond donors (Lipinski definition) is 1. The molecule has 1 aromatic heterocycles. The quantitative estimate of drug-likeness (QED) is 0.653. The Bertz CT molecular complexity index is 566. The van der Waals surface area contributed by atoms with Gasteiger partial charge in [0.25, 0.3) is 0 Å². The molecule has 0 aliphatic carbocycles. The fraction of sp³-hybridized carbons (Fsp3) is 0.333. The van der Waals surface area contributed by atoms with Crippen molar-refractivity contribution in [2.75, 3.05) is 6.54 Å². The molecule has 2 aromatic rings. The highest BCUT2D eigenvalue weighted by Crippen LogP contribution is 2.32. The number of nitrogens with one attached hydrogen (secondary N) is 1. The molecule has 0 saturated carbocycles. The summed E-state index contributed by atoms with van der Waals surface area (Å²) in [5, 5.41) is 11.6. The highest BCUT2D eigenvalue weighted by molar-refractivity contribution is 14.1. The second-order valence-corrected chi connectivity index (χ2v) is 6.90. The summed E-state index contributed by atoms with van der Waals surface area (Å²) in [6, 6.07) is 6.35. The van der Waals surface area contributed by atoms with Crippen molar-refractivity contribution in [3.05, 3.63) is 42.1 Å². The number of halogens is 3. The van der Waals surface area contributed by atoms with Crippen LogP contribution in [0.3, 0.4) is 0 Å². The van der Waals surface area contributed by atoms with Gasteiger partial charge in [0, 0.05) is 15.1 Å². The summed E-state index contributed by atoms with van der Waals surface area (Å²) in [4.78, 5) is 0. The molecule has 1 atom stereocenters. The predicted octanol–water partition coefficient (Wildman–Crippen LogP) is 3.64. The fourth-order valence-electron chi connectivity index (χ4n) is 1.94. The van der Waals surface area contributed by atoms with Gasteiger partial charge in [0.2, 0.25) is 0 Å². The largest absolute Gasteiger partial charge is 0.305 e. The molecule has 0 aliphatic heterocycles. The third-order valence-corrected chi connectivity index (χ3v) is 4.74. The summed E-state index contributed by atoms with van der Waals surface area (Å²) < 4.78 is 4.84. The van der Waals surface area contributed by atoms with Gasteiger partial charge < -0.3 is 5.32 Å². The summed E-state index contributed by atoms with van der Waals surface area (Å²) >= 11 is 9.42. The molecule has 19 heavy (non-hydrogen) atoms. The minimum absolute atomic E-state index is 0.0449. The number of hydrogen-bond acceptors (Lipinski definition) is 3. The van der Waals surface area contributed by atoms with E-state index in [-0.39, 0.29) is 6.04 Å². The van der Waals surface area contributed by atoms with Crippen LogP contribution in [-0.4, -0.2) is 21.5 Å². The predicted molar refractivity (Wildman–Crippen MR) is 91.1 cm³/mol. The van der Waals surface area contributed by atoms with Gasteiger partial charge in [-0.1, -0.05) is 28.1 Å². The minimum Gasteiger partial charge on any atom is -0.305 e. The van der Waals surface area contributed by atoms with Crippen molar-refractivity contribution in [3.8, 4) is 0 Å². The van der Waals surface area contributed by atoms with Crippen LogP contribution < -0.4 is 5.32 Å². The van der Waals surface area contributed by atoms with Crippen LogP contribution in [0.5, 0.6) is 0 Å². The minimum atomic E-state index is 0.0449. The van der Waals surface area contributed by atoms with Crippen LogP contribution in [0.25, 0.3) is 0 Å². The average molecular weight is 500 g/mol. The smallest absolute Gasteiger partial charge is 0.153 e. The van der Waals surface area contributed by atoms with E-state index < -0.39 is 0 Å². The molecule has 2 rings (SSSR count).